The fourth-order valence-corrected chi connectivity index (χ4v) is 2.37. The second-order valence-corrected chi connectivity index (χ2v) is 4.18. The van der Waals surface area contributed by atoms with Crippen LogP contribution in [0.4, 0.5) is 0 Å². The Morgan fingerprint density at radius 2 is 2.12 bits per heavy atom. The summed E-state index contributed by atoms with van der Waals surface area (Å²) in [4.78, 5) is 0. The van der Waals surface area contributed by atoms with Crippen molar-refractivity contribution in [2.75, 3.05) is 6.54 Å². The number of nitrogens with one attached hydrogen (secondary N) is 1. The fourth-order valence-electron chi connectivity index (χ4n) is 2.37. The molecular weight excluding hydrogens is 206 g/mol. The Hall–Kier alpha value is -1.10. The van der Waals surface area contributed by atoms with Gasteiger partial charge in [0.05, 0.1) is 13.2 Å². The molecule has 0 spiro atoms. The van der Waals surface area contributed by atoms with Crippen LogP contribution in [0.15, 0.2) is 6.07 Å². The number of fused-ring (bicyclic) bond motifs is 1. The van der Waals surface area contributed by atoms with E-state index in [4.69, 9.17) is 0 Å². The third-order valence-corrected chi connectivity index (χ3v) is 3.23. The molecule has 1 unspecified atom stereocenters. The lowest BCUT2D eigenvalue weighted by molar-refractivity contribution is 0.254. The van der Waals surface area contributed by atoms with Crippen LogP contribution in [-0.4, -0.2) is 21.9 Å². The summed E-state index contributed by atoms with van der Waals surface area (Å²) in [6, 6.07) is 1.97. The second-order valence-electron chi connectivity index (χ2n) is 4.18. The van der Waals surface area contributed by atoms with E-state index in [-0.39, 0.29) is 25.0 Å². The van der Waals surface area contributed by atoms with Gasteiger partial charge >= 0.3 is 0 Å². The standard InChI is InChI=1S/C12H17NO3/c1-7-11-8(2-3-13-7)4-9(5-14)10(6-15)12(11)16/h4,7,13-16H,2-3,5-6H2,1H3. The lowest BCUT2D eigenvalue weighted by atomic mass is 9.89. The van der Waals surface area contributed by atoms with Gasteiger partial charge in [0, 0.05) is 17.2 Å². The van der Waals surface area contributed by atoms with Crippen molar-refractivity contribution in [3.8, 4) is 5.75 Å². The first-order chi connectivity index (χ1) is 7.69. The van der Waals surface area contributed by atoms with Gasteiger partial charge in [-0.25, -0.2) is 0 Å². The van der Waals surface area contributed by atoms with Crippen LogP contribution in [0.2, 0.25) is 0 Å². The maximum absolute atomic E-state index is 10.1. The zero-order chi connectivity index (χ0) is 11.7. The number of benzene rings is 1. The summed E-state index contributed by atoms with van der Waals surface area (Å²) in [5.74, 6) is 0.128. The van der Waals surface area contributed by atoms with Gasteiger partial charge < -0.3 is 20.6 Å². The van der Waals surface area contributed by atoms with E-state index in [1.165, 1.54) is 0 Å². The zero-order valence-corrected chi connectivity index (χ0v) is 9.32. The predicted octanol–water partition coefficient (Wildman–Crippen LogP) is 0.583. The normalized spacial score (nSPS) is 19.6. The van der Waals surface area contributed by atoms with Crippen LogP contribution in [0, 0.1) is 0 Å². The SMILES string of the molecule is CC1NCCc2cc(CO)c(CO)c(O)c21. The third-order valence-electron chi connectivity index (χ3n) is 3.23. The Balaban J connectivity index is 2.61. The smallest absolute Gasteiger partial charge is 0.126 e. The number of hydrogen-bond acceptors (Lipinski definition) is 4. The van der Waals surface area contributed by atoms with Gasteiger partial charge in [-0.3, -0.25) is 0 Å². The number of rotatable bonds is 2. The van der Waals surface area contributed by atoms with E-state index in [1.54, 1.807) is 0 Å². The average Bonchev–Trinajstić information content (AvgIpc) is 2.28. The number of aliphatic hydroxyl groups excluding tert-OH is 2. The minimum Gasteiger partial charge on any atom is -0.507 e. The maximum atomic E-state index is 10.1. The highest BCUT2D eigenvalue weighted by Gasteiger charge is 2.23. The van der Waals surface area contributed by atoms with E-state index < -0.39 is 0 Å². The predicted molar refractivity (Wildman–Crippen MR) is 60.1 cm³/mol. The summed E-state index contributed by atoms with van der Waals surface area (Å²) < 4.78 is 0. The van der Waals surface area contributed by atoms with E-state index in [9.17, 15) is 15.3 Å². The summed E-state index contributed by atoms with van der Waals surface area (Å²) in [5, 5.41) is 31.8. The molecule has 0 bridgehead atoms. The van der Waals surface area contributed by atoms with Crippen LogP contribution in [0.5, 0.6) is 5.75 Å². The van der Waals surface area contributed by atoms with Crippen molar-refractivity contribution < 1.29 is 15.3 Å². The van der Waals surface area contributed by atoms with Crippen molar-refractivity contribution in [2.24, 2.45) is 0 Å². The van der Waals surface area contributed by atoms with Crippen molar-refractivity contribution in [2.45, 2.75) is 32.6 Å². The first-order valence-corrected chi connectivity index (χ1v) is 5.50. The molecule has 0 radical (unpaired) electrons. The molecule has 0 fully saturated rings. The largest absolute Gasteiger partial charge is 0.507 e. The van der Waals surface area contributed by atoms with Crippen LogP contribution in [-0.2, 0) is 19.6 Å². The summed E-state index contributed by atoms with van der Waals surface area (Å²) in [5.41, 5.74) is 2.97. The highest BCUT2D eigenvalue weighted by Crippen LogP contribution is 2.36. The topological polar surface area (TPSA) is 72.7 Å². The molecule has 0 aliphatic carbocycles. The van der Waals surface area contributed by atoms with E-state index in [1.807, 2.05) is 13.0 Å². The highest BCUT2D eigenvalue weighted by molar-refractivity contribution is 5.52. The minimum atomic E-state index is -0.248. The molecule has 0 saturated carbocycles. The van der Waals surface area contributed by atoms with E-state index in [0.717, 1.165) is 24.1 Å². The lowest BCUT2D eigenvalue weighted by Crippen LogP contribution is -2.28. The van der Waals surface area contributed by atoms with E-state index in [2.05, 4.69) is 5.32 Å². The maximum Gasteiger partial charge on any atom is 0.126 e. The molecule has 4 nitrogen and oxygen atoms in total. The fraction of sp³-hybridized carbons (Fsp3) is 0.500. The summed E-state index contributed by atoms with van der Waals surface area (Å²) in [7, 11) is 0. The zero-order valence-electron chi connectivity index (χ0n) is 9.32. The number of phenols is 1. The molecule has 1 aromatic rings. The van der Waals surface area contributed by atoms with Crippen molar-refractivity contribution in [3.63, 3.8) is 0 Å². The molecule has 0 saturated heterocycles. The molecule has 1 aliphatic heterocycles. The Morgan fingerprint density at radius 3 is 2.75 bits per heavy atom. The third kappa shape index (κ3) is 1.69. The first kappa shape index (κ1) is 11.4. The molecule has 4 heteroatoms. The van der Waals surface area contributed by atoms with Crippen LogP contribution in [0.25, 0.3) is 0 Å². The molecule has 1 aromatic carbocycles. The Bertz CT molecular complexity index is 404. The van der Waals surface area contributed by atoms with Crippen LogP contribution < -0.4 is 5.32 Å². The molecule has 16 heavy (non-hydrogen) atoms. The van der Waals surface area contributed by atoms with Crippen molar-refractivity contribution in [1.29, 1.82) is 0 Å². The molecule has 0 amide bonds. The number of aromatic hydroxyl groups is 1. The van der Waals surface area contributed by atoms with Crippen LogP contribution in [0.1, 0.15) is 35.2 Å². The van der Waals surface area contributed by atoms with Crippen LogP contribution in [0.3, 0.4) is 0 Å². The summed E-state index contributed by atoms with van der Waals surface area (Å²) in [6.45, 7) is 2.45. The van der Waals surface area contributed by atoms with Crippen molar-refractivity contribution in [3.05, 3.63) is 28.3 Å². The Labute approximate surface area is 94.5 Å². The first-order valence-electron chi connectivity index (χ1n) is 5.50. The molecule has 1 aliphatic rings. The van der Waals surface area contributed by atoms with Gasteiger partial charge in [0.1, 0.15) is 5.75 Å². The molecular formula is C12H17NO3. The van der Waals surface area contributed by atoms with Gasteiger partial charge in [-0.15, -0.1) is 0 Å². The van der Waals surface area contributed by atoms with Gasteiger partial charge in [0.2, 0.25) is 0 Å². The average molecular weight is 223 g/mol. The quantitative estimate of drug-likeness (QED) is 0.592. The molecule has 2 rings (SSSR count). The van der Waals surface area contributed by atoms with Crippen molar-refractivity contribution >= 4 is 0 Å². The molecule has 88 valence electrons. The number of hydrogen-bond donors (Lipinski definition) is 4. The Kier molecular flexibility index (Phi) is 3.14. The number of aliphatic hydroxyl groups is 2. The second kappa shape index (κ2) is 4.41. The van der Waals surface area contributed by atoms with Gasteiger partial charge in [-0.05, 0) is 31.0 Å². The van der Waals surface area contributed by atoms with Gasteiger partial charge in [-0.1, -0.05) is 6.07 Å². The van der Waals surface area contributed by atoms with Crippen LogP contribution >= 0.6 is 0 Å². The monoisotopic (exact) mass is 223 g/mol. The van der Waals surface area contributed by atoms with Gasteiger partial charge in [0.25, 0.3) is 0 Å². The van der Waals surface area contributed by atoms with E-state index in [0.29, 0.717) is 11.1 Å². The van der Waals surface area contributed by atoms with Gasteiger partial charge in [-0.2, -0.15) is 0 Å². The molecule has 1 heterocycles. The summed E-state index contributed by atoms with van der Waals surface area (Å²) >= 11 is 0. The molecule has 4 N–H and O–H groups in total. The molecule has 0 aromatic heterocycles. The molecule has 1 atom stereocenters. The lowest BCUT2D eigenvalue weighted by Gasteiger charge is -2.27. The van der Waals surface area contributed by atoms with E-state index >= 15 is 0 Å². The highest BCUT2D eigenvalue weighted by atomic mass is 16.3. The minimum absolute atomic E-state index is 0.0850. The van der Waals surface area contributed by atoms with Gasteiger partial charge in [0.15, 0.2) is 0 Å². The Morgan fingerprint density at radius 1 is 1.38 bits per heavy atom. The van der Waals surface area contributed by atoms with Crippen molar-refractivity contribution in [1.82, 2.24) is 5.32 Å². The summed E-state index contributed by atoms with van der Waals surface area (Å²) in [6.07, 6.45) is 0.839.